The van der Waals surface area contributed by atoms with Crippen LogP contribution in [0.25, 0.3) is 10.9 Å². The van der Waals surface area contributed by atoms with Crippen molar-refractivity contribution in [3.8, 4) is 5.75 Å². The number of pyridine rings is 1. The van der Waals surface area contributed by atoms with Gasteiger partial charge in [-0.05, 0) is 41.7 Å². The van der Waals surface area contributed by atoms with Crippen molar-refractivity contribution in [1.29, 1.82) is 0 Å². The first-order valence-electron chi connectivity index (χ1n) is 9.99. The number of methoxy groups -OCH3 is 2. The Morgan fingerprint density at radius 1 is 1.17 bits per heavy atom. The molecule has 3 heterocycles. The molecule has 0 spiro atoms. The number of nitrogens with one attached hydrogen (secondary N) is 1. The van der Waals surface area contributed by atoms with Crippen LogP contribution in [0.3, 0.4) is 0 Å². The minimum atomic E-state index is -0.357. The molecule has 1 aliphatic rings. The summed E-state index contributed by atoms with van der Waals surface area (Å²) < 4.78 is 12.3. The first kappa shape index (κ1) is 20.5. The second kappa shape index (κ2) is 8.90. The highest BCUT2D eigenvalue weighted by Crippen LogP contribution is 2.28. The standard InChI is InChI=1S/C20H27N7O3/c1-25-6-8-26(9-7-25)18(19-22-23-24-27(19)10-11-29-2)16-13-14-12-15(30-3)4-5-17(14)21-20(16)28/h4-5,12-13,18H,6-11H2,1-3H3,(H,21,28). The average molecular weight is 413 g/mol. The van der Waals surface area contributed by atoms with Gasteiger partial charge in [-0.15, -0.1) is 5.10 Å². The van der Waals surface area contributed by atoms with Crippen molar-refractivity contribution in [3.05, 3.63) is 46.0 Å². The molecule has 1 aromatic carbocycles. The molecule has 1 N–H and O–H groups in total. The molecule has 2 aromatic heterocycles. The SMILES string of the molecule is COCCn1nnnc1C(c1cc2cc(OC)ccc2[nH]c1=O)N1CCN(C)CC1. The highest BCUT2D eigenvalue weighted by molar-refractivity contribution is 5.80. The number of nitrogens with zero attached hydrogens (tertiary/aromatic N) is 6. The number of ether oxygens (including phenoxy) is 2. The second-order valence-corrected chi connectivity index (χ2v) is 7.50. The van der Waals surface area contributed by atoms with Gasteiger partial charge in [-0.1, -0.05) is 0 Å². The van der Waals surface area contributed by atoms with Gasteiger partial charge >= 0.3 is 0 Å². The van der Waals surface area contributed by atoms with Crippen molar-refractivity contribution in [2.45, 2.75) is 12.6 Å². The number of tetrazole rings is 1. The van der Waals surface area contributed by atoms with Gasteiger partial charge in [0.25, 0.3) is 5.56 Å². The minimum absolute atomic E-state index is 0.141. The molecule has 0 bridgehead atoms. The van der Waals surface area contributed by atoms with Crippen LogP contribution in [0.15, 0.2) is 29.1 Å². The monoisotopic (exact) mass is 413 g/mol. The Morgan fingerprint density at radius 2 is 1.97 bits per heavy atom. The molecule has 10 nitrogen and oxygen atoms in total. The zero-order valence-electron chi connectivity index (χ0n) is 17.5. The quantitative estimate of drug-likeness (QED) is 0.598. The third kappa shape index (κ3) is 4.07. The van der Waals surface area contributed by atoms with E-state index in [0.29, 0.717) is 24.5 Å². The highest BCUT2D eigenvalue weighted by atomic mass is 16.5. The molecule has 0 amide bonds. The molecule has 0 radical (unpaired) electrons. The molecule has 30 heavy (non-hydrogen) atoms. The lowest BCUT2D eigenvalue weighted by molar-refractivity contribution is 0.119. The molecular formula is C20H27N7O3. The first-order chi connectivity index (χ1) is 14.6. The molecule has 0 aliphatic carbocycles. The highest BCUT2D eigenvalue weighted by Gasteiger charge is 2.32. The molecule has 160 valence electrons. The van der Waals surface area contributed by atoms with Crippen LogP contribution in [0.5, 0.6) is 5.75 Å². The van der Waals surface area contributed by atoms with Gasteiger partial charge in [0.2, 0.25) is 0 Å². The number of likely N-dealkylation sites (N-methyl/N-ethyl adjacent to an activating group) is 1. The molecule has 1 aliphatic heterocycles. The van der Waals surface area contributed by atoms with Crippen molar-refractivity contribution < 1.29 is 9.47 Å². The molecule has 1 saturated heterocycles. The number of piperazine rings is 1. The van der Waals surface area contributed by atoms with E-state index in [4.69, 9.17) is 9.47 Å². The Hall–Kier alpha value is -2.82. The van der Waals surface area contributed by atoms with Crippen LogP contribution in [0.1, 0.15) is 17.4 Å². The van der Waals surface area contributed by atoms with E-state index in [9.17, 15) is 4.79 Å². The summed E-state index contributed by atoms with van der Waals surface area (Å²) in [6.07, 6.45) is 0. The summed E-state index contributed by atoms with van der Waals surface area (Å²) >= 11 is 0. The number of fused-ring (bicyclic) bond motifs is 1. The molecule has 1 unspecified atom stereocenters. The van der Waals surface area contributed by atoms with Crippen molar-refractivity contribution in [2.24, 2.45) is 0 Å². The Morgan fingerprint density at radius 3 is 2.70 bits per heavy atom. The maximum atomic E-state index is 13.1. The fraction of sp³-hybridized carbons (Fsp3) is 0.500. The average Bonchev–Trinajstić information content (AvgIpc) is 3.22. The van der Waals surface area contributed by atoms with Gasteiger partial charge in [-0.2, -0.15) is 0 Å². The molecular weight excluding hydrogens is 386 g/mol. The van der Waals surface area contributed by atoms with Crippen LogP contribution in [0.4, 0.5) is 0 Å². The smallest absolute Gasteiger partial charge is 0.253 e. The summed E-state index contributed by atoms with van der Waals surface area (Å²) in [6.45, 7) is 4.45. The maximum Gasteiger partial charge on any atom is 0.253 e. The third-order valence-electron chi connectivity index (χ3n) is 5.59. The summed E-state index contributed by atoms with van der Waals surface area (Å²) in [5.74, 6) is 1.38. The van der Waals surface area contributed by atoms with E-state index in [1.165, 1.54) is 0 Å². The summed E-state index contributed by atoms with van der Waals surface area (Å²) in [5, 5.41) is 13.2. The van der Waals surface area contributed by atoms with E-state index in [-0.39, 0.29) is 11.6 Å². The summed E-state index contributed by atoms with van der Waals surface area (Å²) in [6, 6.07) is 7.18. The van der Waals surface area contributed by atoms with Crippen LogP contribution < -0.4 is 10.3 Å². The van der Waals surface area contributed by atoms with E-state index >= 15 is 0 Å². The molecule has 0 saturated carbocycles. The van der Waals surface area contributed by atoms with Crippen molar-refractivity contribution in [1.82, 2.24) is 35.0 Å². The maximum absolute atomic E-state index is 13.1. The van der Waals surface area contributed by atoms with Gasteiger partial charge in [0.1, 0.15) is 11.8 Å². The molecule has 4 rings (SSSR count). The number of H-pyrrole nitrogens is 1. The Balaban J connectivity index is 1.82. The fourth-order valence-electron chi connectivity index (χ4n) is 3.86. The normalized spacial score (nSPS) is 16.8. The molecule has 1 atom stereocenters. The summed E-state index contributed by atoms with van der Waals surface area (Å²) in [5.41, 5.74) is 1.24. The molecule has 10 heteroatoms. The van der Waals surface area contributed by atoms with Crippen LogP contribution in [-0.4, -0.2) is 89.0 Å². The molecule has 3 aromatic rings. The number of benzene rings is 1. The Bertz CT molecular complexity index is 1060. The topological polar surface area (TPSA) is 101 Å². The lowest BCUT2D eigenvalue weighted by atomic mass is 10.0. The van der Waals surface area contributed by atoms with Crippen molar-refractivity contribution in [2.75, 3.05) is 54.1 Å². The number of hydrogen-bond donors (Lipinski definition) is 1. The van der Waals surface area contributed by atoms with Crippen molar-refractivity contribution >= 4 is 10.9 Å². The number of rotatable bonds is 7. The van der Waals surface area contributed by atoms with Gasteiger partial charge in [-0.3, -0.25) is 9.69 Å². The fourth-order valence-corrected chi connectivity index (χ4v) is 3.86. The van der Waals surface area contributed by atoms with Crippen LogP contribution >= 0.6 is 0 Å². The largest absolute Gasteiger partial charge is 0.497 e. The second-order valence-electron chi connectivity index (χ2n) is 7.50. The van der Waals surface area contributed by atoms with Gasteiger partial charge in [-0.25, -0.2) is 4.68 Å². The zero-order chi connectivity index (χ0) is 21.1. The van der Waals surface area contributed by atoms with Gasteiger partial charge in [0.05, 0.1) is 20.3 Å². The van der Waals surface area contributed by atoms with Crippen LogP contribution in [-0.2, 0) is 11.3 Å². The lowest BCUT2D eigenvalue weighted by Crippen LogP contribution is -2.47. The number of hydrogen-bond acceptors (Lipinski definition) is 8. The van der Waals surface area contributed by atoms with E-state index in [1.807, 2.05) is 24.3 Å². The lowest BCUT2D eigenvalue weighted by Gasteiger charge is -2.37. The Kier molecular flexibility index (Phi) is 6.07. The van der Waals surface area contributed by atoms with E-state index < -0.39 is 0 Å². The summed E-state index contributed by atoms with van der Waals surface area (Å²) in [7, 11) is 5.37. The first-order valence-corrected chi connectivity index (χ1v) is 9.99. The predicted octanol–water partition coefficient (Wildman–Crippen LogP) is 0.506. The van der Waals surface area contributed by atoms with E-state index in [2.05, 4.69) is 37.4 Å². The van der Waals surface area contributed by atoms with E-state index in [0.717, 1.165) is 42.8 Å². The van der Waals surface area contributed by atoms with Gasteiger partial charge < -0.3 is 19.4 Å². The number of aromatic nitrogens is 5. The minimum Gasteiger partial charge on any atom is -0.497 e. The van der Waals surface area contributed by atoms with Crippen LogP contribution in [0.2, 0.25) is 0 Å². The van der Waals surface area contributed by atoms with Gasteiger partial charge in [0, 0.05) is 49.8 Å². The molecule has 1 fully saturated rings. The predicted molar refractivity (Wildman–Crippen MR) is 112 cm³/mol. The van der Waals surface area contributed by atoms with Gasteiger partial charge in [0.15, 0.2) is 5.82 Å². The van der Waals surface area contributed by atoms with Crippen molar-refractivity contribution in [3.63, 3.8) is 0 Å². The van der Waals surface area contributed by atoms with E-state index in [1.54, 1.807) is 18.9 Å². The number of aromatic amines is 1. The Labute approximate surface area is 174 Å². The summed E-state index contributed by atoms with van der Waals surface area (Å²) in [4.78, 5) is 20.7. The third-order valence-corrected chi connectivity index (χ3v) is 5.59. The zero-order valence-corrected chi connectivity index (χ0v) is 17.5. The van der Waals surface area contributed by atoms with Crippen LogP contribution in [0, 0.1) is 0 Å².